The van der Waals surface area contributed by atoms with E-state index in [9.17, 15) is 18.9 Å². The number of hydrogen-bond donors (Lipinski definition) is 3. The maximum atomic E-state index is 12.7. The van der Waals surface area contributed by atoms with Crippen LogP contribution in [-0.2, 0) is 37.6 Å². The Balaban J connectivity index is 2.87. The Hall–Kier alpha value is -2.31. The molecule has 15 heteroatoms. The molecule has 0 bridgehead atoms. The second-order valence-corrected chi connectivity index (χ2v) is 8.67. The van der Waals surface area contributed by atoms with Crippen LogP contribution in [-0.4, -0.2) is 61.3 Å². The fourth-order valence-corrected chi connectivity index (χ4v) is 4.41. The Morgan fingerprint density at radius 2 is 1.78 bits per heavy atom. The average molecular weight is 496 g/mol. The van der Waals surface area contributed by atoms with Gasteiger partial charge in [-0.3, -0.25) is 29.1 Å². The molecule has 180 valence electrons. The number of carbonyl (C=O) groups excluding carboxylic acids is 3. The van der Waals surface area contributed by atoms with E-state index in [0.717, 1.165) is 0 Å². The van der Waals surface area contributed by atoms with Crippen LogP contribution in [0.2, 0.25) is 5.15 Å². The van der Waals surface area contributed by atoms with Gasteiger partial charge < -0.3 is 19.1 Å². The smallest absolute Gasteiger partial charge is 0.330 e. The fraction of sp³-hybridized carbons (Fsp3) is 0.588. The molecule has 13 nitrogen and oxygen atoms in total. The van der Waals surface area contributed by atoms with Gasteiger partial charge in [0, 0.05) is 12.8 Å². The van der Waals surface area contributed by atoms with Gasteiger partial charge in [0.15, 0.2) is 11.0 Å². The quantitative estimate of drug-likeness (QED) is 0.0954. The third-order valence-electron chi connectivity index (χ3n) is 3.73. The van der Waals surface area contributed by atoms with Crippen LogP contribution in [0.25, 0.3) is 0 Å². The Bertz CT molecular complexity index is 805. The summed E-state index contributed by atoms with van der Waals surface area (Å²) in [7, 11) is -3.29. The molecule has 1 unspecified atom stereocenters. The van der Waals surface area contributed by atoms with Gasteiger partial charge in [-0.05, 0) is 20.3 Å². The van der Waals surface area contributed by atoms with Crippen molar-refractivity contribution in [1.29, 1.82) is 0 Å². The third kappa shape index (κ3) is 9.88. The summed E-state index contributed by atoms with van der Waals surface area (Å²) in [6.45, 7) is 5.12. The van der Waals surface area contributed by atoms with Crippen LogP contribution in [0.15, 0.2) is 0 Å². The Morgan fingerprint density at radius 1 is 1.12 bits per heavy atom. The lowest BCUT2D eigenvalue weighted by molar-refractivity contribution is -0.142. The van der Waals surface area contributed by atoms with Gasteiger partial charge in [0.05, 0.1) is 32.6 Å². The van der Waals surface area contributed by atoms with Crippen LogP contribution in [0, 0.1) is 5.92 Å². The van der Waals surface area contributed by atoms with E-state index in [1.54, 1.807) is 13.8 Å². The fourth-order valence-electron chi connectivity index (χ4n) is 2.39. The molecule has 3 N–H and O–H groups in total. The minimum Gasteiger partial charge on any atom is -0.465 e. The predicted octanol–water partition coefficient (Wildman–Crippen LogP) is 2.45. The number of nitrogens with zero attached hydrogens (tertiary/aromatic N) is 2. The topological polar surface area (TPSA) is 167 Å². The molecule has 0 aliphatic carbocycles. The van der Waals surface area contributed by atoms with Crippen molar-refractivity contribution in [2.24, 2.45) is 5.92 Å². The third-order valence-corrected chi connectivity index (χ3v) is 6.11. The molecule has 0 radical (unpaired) electrons. The van der Waals surface area contributed by atoms with E-state index < -0.39 is 13.6 Å². The van der Waals surface area contributed by atoms with Gasteiger partial charge in [-0.1, -0.05) is 11.6 Å². The number of aromatic nitrogens is 2. The summed E-state index contributed by atoms with van der Waals surface area (Å²) in [5.74, 6) is -1.02. The standard InChI is InChI=1S/C17H27ClN5O8P/c1-4-30-32(27,31-5-2)7-6-13(8-28-12(3)26)9-29-23-16-14(19-10-24)15(18)21-17(22-16)20-11-25/h10-11,13H,4-9H2,1-3H3,(H,19,24)(H2,20,21,22,23,25). The first-order valence-corrected chi connectivity index (χ1v) is 11.8. The summed E-state index contributed by atoms with van der Waals surface area (Å²) in [5.41, 5.74) is 2.54. The van der Waals surface area contributed by atoms with Gasteiger partial charge in [-0.2, -0.15) is 9.97 Å². The number of carbonyl (C=O) groups is 3. The molecule has 1 atom stereocenters. The van der Waals surface area contributed by atoms with Gasteiger partial charge >= 0.3 is 13.6 Å². The van der Waals surface area contributed by atoms with E-state index in [0.29, 0.717) is 19.2 Å². The number of esters is 1. The van der Waals surface area contributed by atoms with Crippen molar-refractivity contribution in [3.63, 3.8) is 0 Å². The van der Waals surface area contributed by atoms with Gasteiger partial charge in [0.25, 0.3) is 0 Å². The molecule has 0 aromatic carbocycles. The van der Waals surface area contributed by atoms with E-state index in [1.807, 2.05) is 0 Å². The summed E-state index contributed by atoms with van der Waals surface area (Å²) >= 11 is 5.99. The number of amides is 2. The predicted molar refractivity (Wildman–Crippen MR) is 116 cm³/mol. The molecular formula is C17H27ClN5O8P. The van der Waals surface area contributed by atoms with E-state index in [4.69, 9.17) is 30.2 Å². The van der Waals surface area contributed by atoms with E-state index in [-0.39, 0.29) is 61.1 Å². The number of nitrogens with one attached hydrogen (secondary N) is 3. The van der Waals surface area contributed by atoms with Crippen molar-refractivity contribution in [3.05, 3.63) is 5.15 Å². The Morgan fingerprint density at radius 3 is 2.34 bits per heavy atom. The lowest BCUT2D eigenvalue weighted by Crippen LogP contribution is -2.22. The Labute approximate surface area is 190 Å². The normalized spacial score (nSPS) is 12.0. The minimum atomic E-state index is -3.29. The first-order valence-electron chi connectivity index (χ1n) is 9.65. The SMILES string of the molecule is CCOP(=O)(CCC(CONc1nc(NC=O)nc(Cl)c1NC=O)COC(C)=O)OCC. The number of anilines is 3. The van der Waals surface area contributed by atoms with E-state index in [1.165, 1.54) is 6.92 Å². The van der Waals surface area contributed by atoms with Gasteiger partial charge in [0.2, 0.25) is 18.8 Å². The van der Waals surface area contributed by atoms with Crippen molar-refractivity contribution in [2.75, 3.05) is 48.7 Å². The molecule has 0 spiro atoms. The first kappa shape index (κ1) is 27.7. The zero-order valence-corrected chi connectivity index (χ0v) is 19.6. The molecule has 0 saturated carbocycles. The summed E-state index contributed by atoms with van der Waals surface area (Å²) in [6, 6.07) is 0. The van der Waals surface area contributed by atoms with Gasteiger partial charge in [-0.25, -0.2) is 5.48 Å². The monoisotopic (exact) mass is 495 g/mol. The molecule has 1 aromatic heterocycles. The second-order valence-electron chi connectivity index (χ2n) is 6.13. The second kappa shape index (κ2) is 14.7. The lowest BCUT2D eigenvalue weighted by atomic mass is 10.1. The summed E-state index contributed by atoms with van der Waals surface area (Å²) in [6.07, 6.45) is 1.11. The highest BCUT2D eigenvalue weighted by molar-refractivity contribution is 7.53. The van der Waals surface area contributed by atoms with Crippen molar-refractivity contribution >= 4 is 55.4 Å². The van der Waals surface area contributed by atoms with Crippen LogP contribution in [0.1, 0.15) is 27.2 Å². The van der Waals surface area contributed by atoms with Gasteiger partial charge in [-0.15, -0.1) is 0 Å². The molecule has 1 aromatic rings. The number of halogens is 1. The van der Waals surface area contributed by atoms with Crippen LogP contribution < -0.4 is 16.1 Å². The molecule has 0 fully saturated rings. The summed E-state index contributed by atoms with van der Waals surface area (Å²) in [5, 5.41) is 4.42. The van der Waals surface area contributed by atoms with Crippen LogP contribution in [0.4, 0.5) is 17.5 Å². The highest BCUT2D eigenvalue weighted by Gasteiger charge is 2.26. The van der Waals surface area contributed by atoms with E-state index >= 15 is 0 Å². The van der Waals surface area contributed by atoms with Crippen LogP contribution >= 0.6 is 19.2 Å². The molecule has 1 heterocycles. The zero-order chi connectivity index (χ0) is 24.0. The molecular weight excluding hydrogens is 469 g/mol. The zero-order valence-electron chi connectivity index (χ0n) is 18.0. The lowest BCUT2D eigenvalue weighted by Gasteiger charge is -2.21. The molecule has 0 aliphatic heterocycles. The van der Waals surface area contributed by atoms with Crippen molar-refractivity contribution < 1.29 is 37.6 Å². The van der Waals surface area contributed by atoms with E-state index in [2.05, 4.69) is 26.1 Å². The summed E-state index contributed by atoms with van der Waals surface area (Å²) < 4.78 is 28.3. The molecule has 32 heavy (non-hydrogen) atoms. The molecule has 2 amide bonds. The van der Waals surface area contributed by atoms with Crippen molar-refractivity contribution in [2.45, 2.75) is 27.2 Å². The highest BCUT2D eigenvalue weighted by atomic mass is 35.5. The number of hydrogen-bond acceptors (Lipinski definition) is 11. The molecule has 0 saturated heterocycles. The largest absolute Gasteiger partial charge is 0.465 e. The van der Waals surface area contributed by atoms with Crippen molar-refractivity contribution in [3.8, 4) is 0 Å². The molecule has 1 rings (SSSR count). The maximum Gasteiger partial charge on any atom is 0.330 e. The van der Waals surface area contributed by atoms with Gasteiger partial charge in [0.1, 0.15) is 5.69 Å². The first-order chi connectivity index (χ1) is 15.3. The number of rotatable bonds is 17. The van der Waals surface area contributed by atoms with Crippen LogP contribution in [0.3, 0.4) is 0 Å². The average Bonchev–Trinajstić information content (AvgIpc) is 2.72. The summed E-state index contributed by atoms with van der Waals surface area (Å²) in [4.78, 5) is 45.9. The minimum absolute atomic E-state index is 0.00279. The Kier molecular flexibility index (Phi) is 12.7. The van der Waals surface area contributed by atoms with Crippen LogP contribution in [0.5, 0.6) is 0 Å². The molecule has 0 aliphatic rings. The van der Waals surface area contributed by atoms with Crippen molar-refractivity contribution in [1.82, 2.24) is 9.97 Å². The highest BCUT2D eigenvalue weighted by Crippen LogP contribution is 2.49. The maximum absolute atomic E-state index is 12.7. The number of ether oxygens (including phenoxy) is 1.